The molecule has 1 aliphatic rings. The van der Waals surface area contributed by atoms with Gasteiger partial charge >= 0.3 is 6.01 Å². The highest BCUT2D eigenvalue weighted by atomic mass is 35.5. The Labute approximate surface area is 238 Å². The molecule has 0 bridgehead atoms. The first-order chi connectivity index (χ1) is 19.7. The summed E-state index contributed by atoms with van der Waals surface area (Å²) in [7, 11) is 0. The first-order valence-corrected chi connectivity index (χ1v) is 13.3. The number of hydrogen-bond acceptors (Lipinski definition) is 8. The van der Waals surface area contributed by atoms with Gasteiger partial charge in [0.2, 0.25) is 5.91 Å². The largest absolute Gasteiger partial charge is 0.424 e. The van der Waals surface area contributed by atoms with Crippen molar-refractivity contribution in [2.45, 2.75) is 13.8 Å². The van der Waals surface area contributed by atoms with E-state index in [9.17, 15) is 9.18 Å². The van der Waals surface area contributed by atoms with E-state index in [0.717, 1.165) is 17.5 Å². The number of carbonyl (C=O) groups is 1. The minimum Gasteiger partial charge on any atom is -0.424 e. The van der Waals surface area contributed by atoms with Gasteiger partial charge in [0.25, 0.3) is 0 Å². The predicted molar refractivity (Wildman–Crippen MR) is 151 cm³/mol. The first-order valence-electron chi connectivity index (χ1n) is 12.9. The number of aryl methyl sites for hydroxylation is 2. The van der Waals surface area contributed by atoms with Crippen molar-refractivity contribution in [3.63, 3.8) is 0 Å². The fourth-order valence-electron chi connectivity index (χ4n) is 5.11. The van der Waals surface area contributed by atoms with Crippen molar-refractivity contribution in [2.75, 3.05) is 37.7 Å². The van der Waals surface area contributed by atoms with Crippen LogP contribution >= 0.6 is 11.6 Å². The Morgan fingerprint density at radius 2 is 1.76 bits per heavy atom. The number of benzene rings is 2. The molecule has 1 amide bonds. The van der Waals surface area contributed by atoms with Crippen LogP contribution in [-0.4, -0.2) is 68.1 Å². The molecule has 0 unspecified atom stereocenters. The second-order valence-electron chi connectivity index (χ2n) is 9.84. The van der Waals surface area contributed by atoms with Gasteiger partial charge < -0.3 is 15.5 Å². The highest BCUT2D eigenvalue weighted by Gasteiger charge is 2.23. The van der Waals surface area contributed by atoms with E-state index in [1.165, 1.54) is 19.1 Å². The van der Waals surface area contributed by atoms with Gasteiger partial charge in [-0.05, 0) is 32.0 Å². The maximum atomic E-state index is 15.5. The zero-order valence-corrected chi connectivity index (χ0v) is 23.0. The third-order valence-electron chi connectivity index (χ3n) is 7.06. The molecule has 6 rings (SSSR count). The van der Waals surface area contributed by atoms with Crippen LogP contribution in [0.25, 0.3) is 33.1 Å². The molecule has 10 nitrogen and oxygen atoms in total. The number of fused-ring (bicyclic) bond motifs is 3. The molecule has 4 heterocycles. The molecule has 210 valence electrons. The van der Waals surface area contributed by atoms with E-state index in [1.54, 1.807) is 24.4 Å². The molecule has 1 fully saturated rings. The Morgan fingerprint density at radius 3 is 2.46 bits per heavy atom. The van der Waals surface area contributed by atoms with Crippen molar-refractivity contribution in [3.8, 4) is 22.9 Å². The lowest BCUT2D eigenvalue weighted by Gasteiger charge is -2.36. The molecule has 1 aliphatic heterocycles. The average molecular weight is 579 g/mol. The lowest BCUT2D eigenvalue weighted by molar-refractivity contribution is -0.119. The number of imidazole rings is 1. The topological polar surface area (TPSA) is 115 Å². The van der Waals surface area contributed by atoms with E-state index in [4.69, 9.17) is 27.1 Å². The van der Waals surface area contributed by atoms with E-state index < -0.39 is 11.6 Å². The number of amides is 1. The number of ether oxygens (including phenoxy) is 1. The van der Waals surface area contributed by atoms with Crippen LogP contribution in [0.5, 0.6) is 11.8 Å². The normalized spacial score (nSPS) is 14.2. The molecule has 13 heteroatoms. The van der Waals surface area contributed by atoms with Gasteiger partial charge in [0.05, 0.1) is 35.2 Å². The Kier molecular flexibility index (Phi) is 6.88. The van der Waals surface area contributed by atoms with Crippen LogP contribution in [0.3, 0.4) is 0 Å². The van der Waals surface area contributed by atoms with E-state index in [1.807, 2.05) is 16.5 Å². The smallest absolute Gasteiger partial charge is 0.322 e. The predicted octanol–water partition coefficient (Wildman–Crippen LogP) is 4.12. The van der Waals surface area contributed by atoms with Gasteiger partial charge in [-0.2, -0.15) is 4.98 Å². The number of primary amides is 1. The van der Waals surface area contributed by atoms with E-state index in [2.05, 4.69) is 20.0 Å². The highest BCUT2D eigenvalue weighted by Crippen LogP contribution is 2.37. The van der Waals surface area contributed by atoms with Crippen LogP contribution in [0.1, 0.15) is 11.5 Å². The zero-order valence-electron chi connectivity index (χ0n) is 22.2. The van der Waals surface area contributed by atoms with Gasteiger partial charge in [-0.1, -0.05) is 11.6 Å². The number of nitrogens with zero attached hydrogens (tertiary/aromatic N) is 7. The van der Waals surface area contributed by atoms with Crippen molar-refractivity contribution >= 4 is 39.4 Å². The second-order valence-corrected chi connectivity index (χ2v) is 10.2. The summed E-state index contributed by atoms with van der Waals surface area (Å²) < 4.78 is 36.6. The van der Waals surface area contributed by atoms with Crippen LogP contribution in [0.4, 0.5) is 8.78 Å². The molecule has 0 saturated carbocycles. The van der Waals surface area contributed by atoms with Crippen molar-refractivity contribution in [2.24, 2.45) is 5.73 Å². The molecular weight excluding hydrogens is 554 g/mol. The van der Waals surface area contributed by atoms with Crippen LogP contribution < -0.4 is 15.5 Å². The molecular formula is C28H25ClF2N8O2. The molecule has 0 spiro atoms. The third-order valence-corrected chi connectivity index (χ3v) is 7.37. The lowest BCUT2D eigenvalue weighted by Crippen LogP contribution is -2.53. The fraction of sp³-hybridized carbons (Fsp3) is 0.250. The summed E-state index contributed by atoms with van der Waals surface area (Å²) >= 11 is 6.61. The molecule has 41 heavy (non-hydrogen) atoms. The lowest BCUT2D eigenvalue weighted by atomic mass is 10.0. The molecule has 2 N–H and O–H groups in total. The highest BCUT2D eigenvalue weighted by molar-refractivity contribution is 6.33. The molecule has 5 aromatic rings. The number of halogens is 3. The summed E-state index contributed by atoms with van der Waals surface area (Å²) in [5, 5.41) is 3.11. The van der Waals surface area contributed by atoms with Gasteiger partial charge in [0.15, 0.2) is 5.82 Å². The minimum absolute atomic E-state index is 0.0304. The number of pyridine rings is 1. The van der Waals surface area contributed by atoms with Crippen LogP contribution in [0.15, 0.2) is 42.7 Å². The maximum absolute atomic E-state index is 15.5. The van der Waals surface area contributed by atoms with Gasteiger partial charge in [0, 0.05) is 54.8 Å². The standard InChI is InChI=1S/C28H25ClF2N8O2/c1-15-23(31)12-34-28(35-15)41-17-3-4-18(21(29)9-17)19-10-20-24(11-22(19)30)33-13-25-27(20)39(16(2)36-25)38-7-5-37(6-8-38)14-26(32)40/h3-4,9-13H,5-8,14H2,1-2H3,(H2,32,40). The molecule has 2 aromatic carbocycles. The number of carbonyl (C=O) groups excluding carboxylic acids is 1. The summed E-state index contributed by atoms with van der Waals surface area (Å²) in [6.45, 7) is 6.27. The van der Waals surface area contributed by atoms with Crippen LogP contribution in [0.2, 0.25) is 5.02 Å². The first kappa shape index (κ1) is 26.8. The van der Waals surface area contributed by atoms with Gasteiger partial charge in [-0.15, -0.1) is 0 Å². The SMILES string of the molecule is Cc1nc(Oc2ccc(-c3cc4c(cc3F)ncc3nc(C)n(N5CCN(CC(N)=O)CC5)c34)c(Cl)c2)ncc1F. The van der Waals surface area contributed by atoms with Crippen molar-refractivity contribution < 1.29 is 18.3 Å². The summed E-state index contributed by atoms with van der Waals surface area (Å²) in [6.07, 6.45) is 2.67. The Balaban J connectivity index is 1.38. The van der Waals surface area contributed by atoms with E-state index in [0.29, 0.717) is 53.9 Å². The third kappa shape index (κ3) is 5.11. The molecule has 1 saturated heterocycles. The average Bonchev–Trinajstić information content (AvgIpc) is 3.27. The number of nitrogens with two attached hydrogens (primary N) is 1. The van der Waals surface area contributed by atoms with Gasteiger partial charge in [0.1, 0.15) is 28.4 Å². The number of hydrogen-bond donors (Lipinski definition) is 1. The van der Waals surface area contributed by atoms with Crippen LogP contribution in [-0.2, 0) is 4.79 Å². The summed E-state index contributed by atoms with van der Waals surface area (Å²) in [5.74, 6) is -0.296. The monoisotopic (exact) mass is 578 g/mol. The van der Waals surface area contributed by atoms with Crippen molar-refractivity contribution in [1.82, 2.24) is 29.5 Å². The van der Waals surface area contributed by atoms with Gasteiger partial charge in [-0.25, -0.2) is 23.4 Å². The van der Waals surface area contributed by atoms with Crippen LogP contribution in [0, 0.1) is 25.5 Å². The van der Waals surface area contributed by atoms with E-state index >= 15 is 4.39 Å². The second kappa shape index (κ2) is 10.5. The van der Waals surface area contributed by atoms with Gasteiger partial charge in [-0.3, -0.25) is 14.7 Å². The van der Waals surface area contributed by atoms with Crippen molar-refractivity contribution in [3.05, 3.63) is 70.9 Å². The summed E-state index contributed by atoms with van der Waals surface area (Å²) in [6, 6.07) is 7.88. The number of aromatic nitrogens is 5. The maximum Gasteiger partial charge on any atom is 0.322 e. The molecule has 0 aliphatic carbocycles. The molecule has 0 atom stereocenters. The summed E-state index contributed by atoms with van der Waals surface area (Å²) in [4.78, 5) is 30.3. The zero-order chi connectivity index (χ0) is 28.8. The van der Waals surface area contributed by atoms with Crippen molar-refractivity contribution in [1.29, 1.82) is 0 Å². The molecule has 0 radical (unpaired) electrons. The number of rotatable bonds is 6. The Morgan fingerprint density at radius 1 is 0.976 bits per heavy atom. The quantitative estimate of drug-likeness (QED) is 0.320. The van der Waals surface area contributed by atoms with E-state index in [-0.39, 0.29) is 34.7 Å². The fourth-order valence-corrected chi connectivity index (χ4v) is 5.38. The minimum atomic E-state index is -0.539. The summed E-state index contributed by atoms with van der Waals surface area (Å²) in [5.41, 5.74) is 8.22. The Hall–Kier alpha value is -4.42. The number of piperazine rings is 1. The molecule has 3 aromatic heterocycles. The Bertz CT molecular complexity index is 1820.